The second kappa shape index (κ2) is 6.52. The van der Waals surface area contributed by atoms with Crippen molar-refractivity contribution < 1.29 is 8.78 Å². The minimum atomic E-state index is -2.70. The van der Waals surface area contributed by atoms with Gasteiger partial charge < -0.3 is 9.80 Å². The second-order valence-electron chi connectivity index (χ2n) is 6.71. The Morgan fingerprint density at radius 1 is 1.04 bits per heavy atom. The quantitative estimate of drug-likeness (QED) is 0.682. The van der Waals surface area contributed by atoms with Crippen molar-refractivity contribution >= 4 is 22.4 Å². The molecule has 1 aliphatic rings. The Kier molecular flexibility index (Phi) is 4.18. The maximum absolute atomic E-state index is 13.4. The van der Waals surface area contributed by atoms with Crippen LogP contribution in [0.5, 0.6) is 0 Å². The zero-order valence-corrected chi connectivity index (χ0v) is 14.7. The number of likely N-dealkylation sites (N-methyl/N-ethyl adjacent to an activating group) is 1. The molecule has 4 rings (SSSR count). The summed E-state index contributed by atoms with van der Waals surface area (Å²) in [5.41, 5.74) is 2.86. The second-order valence-corrected chi connectivity index (χ2v) is 6.71. The predicted octanol–water partition coefficient (Wildman–Crippen LogP) is 4.41. The molecule has 6 heteroatoms. The van der Waals surface area contributed by atoms with Crippen LogP contribution in [0.25, 0.3) is 10.9 Å². The first-order chi connectivity index (χ1) is 12.5. The van der Waals surface area contributed by atoms with Crippen LogP contribution in [-0.4, -0.2) is 29.6 Å². The average Bonchev–Trinajstić information content (AvgIpc) is 2.77. The highest BCUT2D eigenvalue weighted by Gasteiger charge is 2.27. The number of hydrogen-bond donors (Lipinski definition) is 0. The van der Waals surface area contributed by atoms with Crippen LogP contribution < -0.4 is 9.80 Å². The topological polar surface area (TPSA) is 32.3 Å². The van der Waals surface area contributed by atoms with Crippen LogP contribution in [0.15, 0.2) is 48.5 Å². The summed E-state index contributed by atoms with van der Waals surface area (Å²) in [5.74, 6) is 0.153. The molecule has 0 spiro atoms. The number of nitrogens with zero attached hydrogens (tertiary/aromatic N) is 4. The molecule has 0 aliphatic carbocycles. The van der Waals surface area contributed by atoms with E-state index < -0.39 is 12.2 Å². The van der Waals surface area contributed by atoms with E-state index in [1.807, 2.05) is 30.3 Å². The maximum Gasteiger partial charge on any atom is 0.297 e. The van der Waals surface area contributed by atoms with Crippen LogP contribution >= 0.6 is 0 Å². The van der Waals surface area contributed by atoms with E-state index in [1.54, 1.807) is 6.07 Å². The van der Waals surface area contributed by atoms with Crippen LogP contribution in [0.3, 0.4) is 0 Å². The first-order valence-corrected chi connectivity index (χ1v) is 8.65. The van der Waals surface area contributed by atoms with Gasteiger partial charge in [-0.1, -0.05) is 30.3 Å². The molecule has 1 unspecified atom stereocenters. The third-order valence-electron chi connectivity index (χ3n) is 4.88. The monoisotopic (exact) mass is 354 g/mol. The molecule has 0 radical (unpaired) electrons. The summed E-state index contributed by atoms with van der Waals surface area (Å²) in [6.07, 6.45) is -2.70. The molecule has 0 bridgehead atoms. The Balaban J connectivity index is 1.88. The van der Waals surface area contributed by atoms with Crippen LogP contribution in [0.2, 0.25) is 0 Å². The number of halogens is 2. The third kappa shape index (κ3) is 2.85. The number of para-hydroxylation sites is 2. The summed E-state index contributed by atoms with van der Waals surface area (Å²) in [5, 5.41) is 0.797. The zero-order chi connectivity index (χ0) is 18.3. The normalized spacial score (nSPS) is 17.5. The number of benzene rings is 2. The zero-order valence-electron chi connectivity index (χ0n) is 14.7. The van der Waals surface area contributed by atoms with Crippen molar-refractivity contribution in [2.24, 2.45) is 0 Å². The third-order valence-corrected chi connectivity index (χ3v) is 4.88. The van der Waals surface area contributed by atoms with Crippen molar-refractivity contribution in [3.05, 3.63) is 59.9 Å². The Hall–Kier alpha value is -2.76. The Morgan fingerprint density at radius 2 is 1.77 bits per heavy atom. The van der Waals surface area contributed by atoms with Crippen LogP contribution in [0.4, 0.5) is 20.3 Å². The van der Waals surface area contributed by atoms with Gasteiger partial charge in [-0.2, -0.15) is 0 Å². The van der Waals surface area contributed by atoms with E-state index in [1.165, 1.54) is 0 Å². The first-order valence-electron chi connectivity index (χ1n) is 8.65. The lowest BCUT2D eigenvalue weighted by Crippen LogP contribution is -2.38. The molecule has 134 valence electrons. The van der Waals surface area contributed by atoms with Crippen LogP contribution in [0.1, 0.15) is 24.7 Å². The minimum absolute atomic E-state index is 0.108. The van der Waals surface area contributed by atoms with Gasteiger partial charge in [-0.15, -0.1) is 0 Å². The summed E-state index contributed by atoms with van der Waals surface area (Å²) >= 11 is 0. The van der Waals surface area contributed by atoms with Crippen molar-refractivity contribution in [1.29, 1.82) is 0 Å². The fraction of sp³-hybridized carbons (Fsp3) is 0.300. The molecular formula is C20H20F2N4. The summed E-state index contributed by atoms with van der Waals surface area (Å²) < 4.78 is 26.7. The Labute approximate surface area is 151 Å². The largest absolute Gasteiger partial charge is 0.372 e. The molecule has 1 atom stereocenters. The highest BCUT2D eigenvalue weighted by atomic mass is 19.3. The summed E-state index contributed by atoms with van der Waals surface area (Å²) in [6.45, 7) is 3.49. The molecule has 0 saturated carbocycles. The highest BCUT2D eigenvalue weighted by molar-refractivity contribution is 5.89. The number of hydrogen-bond acceptors (Lipinski definition) is 4. The molecule has 2 heterocycles. The van der Waals surface area contributed by atoms with Gasteiger partial charge in [0.2, 0.25) is 0 Å². The number of fused-ring (bicyclic) bond motifs is 2. The fourth-order valence-electron chi connectivity index (χ4n) is 3.63. The molecule has 1 aliphatic heterocycles. The molecule has 2 aromatic carbocycles. The predicted molar refractivity (Wildman–Crippen MR) is 99.9 cm³/mol. The first kappa shape index (κ1) is 16.7. The maximum atomic E-state index is 13.4. The molecule has 0 N–H and O–H groups in total. The van der Waals surface area contributed by atoms with Gasteiger partial charge in [-0.25, -0.2) is 18.7 Å². The van der Waals surface area contributed by atoms with Gasteiger partial charge in [0.15, 0.2) is 5.82 Å². The molecule has 0 saturated heterocycles. The number of anilines is 2. The molecule has 1 aromatic heterocycles. The van der Waals surface area contributed by atoms with E-state index in [0.29, 0.717) is 17.9 Å². The van der Waals surface area contributed by atoms with Crippen LogP contribution in [-0.2, 0) is 6.54 Å². The van der Waals surface area contributed by atoms with E-state index in [2.05, 4.69) is 45.9 Å². The Bertz CT molecular complexity index is 944. The van der Waals surface area contributed by atoms with Gasteiger partial charge in [-0.3, -0.25) is 0 Å². The van der Waals surface area contributed by atoms with E-state index in [-0.39, 0.29) is 6.04 Å². The SMILES string of the molecule is CC1CN(C)c2ccccc2CN1c1nc(C(F)F)nc2ccccc12. The van der Waals surface area contributed by atoms with Crippen molar-refractivity contribution in [1.82, 2.24) is 9.97 Å². The van der Waals surface area contributed by atoms with Gasteiger partial charge in [0.25, 0.3) is 6.43 Å². The highest BCUT2D eigenvalue weighted by Crippen LogP contribution is 2.33. The van der Waals surface area contributed by atoms with E-state index in [0.717, 1.165) is 23.2 Å². The van der Waals surface area contributed by atoms with E-state index in [9.17, 15) is 8.78 Å². The smallest absolute Gasteiger partial charge is 0.297 e. The molecule has 26 heavy (non-hydrogen) atoms. The van der Waals surface area contributed by atoms with Gasteiger partial charge in [0.05, 0.1) is 5.52 Å². The van der Waals surface area contributed by atoms with Gasteiger partial charge >= 0.3 is 0 Å². The lowest BCUT2D eigenvalue weighted by Gasteiger charge is -2.30. The number of aromatic nitrogens is 2. The average molecular weight is 354 g/mol. The van der Waals surface area contributed by atoms with Gasteiger partial charge in [0.1, 0.15) is 5.82 Å². The molecule has 0 amide bonds. The van der Waals surface area contributed by atoms with Crippen molar-refractivity contribution in [3.63, 3.8) is 0 Å². The lowest BCUT2D eigenvalue weighted by molar-refractivity contribution is 0.141. The molecule has 4 nitrogen and oxygen atoms in total. The fourth-order valence-corrected chi connectivity index (χ4v) is 3.63. The number of alkyl halides is 2. The van der Waals surface area contributed by atoms with Crippen molar-refractivity contribution in [2.45, 2.75) is 25.9 Å². The van der Waals surface area contributed by atoms with Gasteiger partial charge in [0, 0.05) is 37.3 Å². The van der Waals surface area contributed by atoms with Crippen molar-refractivity contribution in [2.75, 3.05) is 23.4 Å². The summed E-state index contributed by atoms with van der Waals surface area (Å²) in [4.78, 5) is 12.6. The Morgan fingerprint density at radius 3 is 2.58 bits per heavy atom. The molecule has 3 aromatic rings. The van der Waals surface area contributed by atoms with Crippen molar-refractivity contribution in [3.8, 4) is 0 Å². The minimum Gasteiger partial charge on any atom is -0.372 e. The van der Waals surface area contributed by atoms with Gasteiger partial charge in [-0.05, 0) is 30.7 Å². The van der Waals surface area contributed by atoms with E-state index >= 15 is 0 Å². The van der Waals surface area contributed by atoms with E-state index in [4.69, 9.17) is 0 Å². The summed E-state index contributed by atoms with van der Waals surface area (Å²) in [7, 11) is 2.06. The standard InChI is InChI=1S/C20H20F2N4/c1-13-11-25(2)17-10-6-3-7-14(17)12-26(13)20-15-8-4-5-9-16(15)23-19(24-20)18(21)22/h3-10,13,18H,11-12H2,1-2H3. The lowest BCUT2D eigenvalue weighted by atomic mass is 10.1. The number of rotatable bonds is 2. The summed E-state index contributed by atoms with van der Waals surface area (Å²) in [6, 6.07) is 15.7. The molecule has 0 fully saturated rings. The van der Waals surface area contributed by atoms with Crippen LogP contribution in [0, 0.1) is 0 Å². The molecular weight excluding hydrogens is 334 g/mol.